The molecule has 0 aromatic heterocycles. The van der Waals surface area contributed by atoms with Crippen LogP contribution in [0, 0.1) is 27.7 Å². The maximum absolute atomic E-state index is 13.7. The Balaban J connectivity index is 1.85. The molecular weight excluding hydrogens is 408 g/mol. The van der Waals surface area contributed by atoms with Gasteiger partial charge in [0, 0.05) is 5.69 Å². The summed E-state index contributed by atoms with van der Waals surface area (Å²) < 4.78 is 0. The molecule has 1 aliphatic heterocycles. The van der Waals surface area contributed by atoms with Crippen molar-refractivity contribution in [3.8, 4) is 0 Å². The molecule has 3 aromatic carbocycles. The van der Waals surface area contributed by atoms with Crippen molar-refractivity contribution >= 4 is 28.8 Å². The van der Waals surface area contributed by atoms with Crippen LogP contribution in [0.3, 0.4) is 0 Å². The van der Waals surface area contributed by atoms with Crippen molar-refractivity contribution in [2.45, 2.75) is 47.5 Å². The molecule has 2 amide bonds. The summed E-state index contributed by atoms with van der Waals surface area (Å²) in [6.07, 6.45) is 0. The van der Waals surface area contributed by atoms with Gasteiger partial charge in [-0.15, -0.1) is 0 Å². The Bertz CT molecular complexity index is 1280. The van der Waals surface area contributed by atoms with Gasteiger partial charge in [0.05, 0.1) is 11.3 Å². The van der Waals surface area contributed by atoms with E-state index in [0.29, 0.717) is 22.9 Å². The molecule has 33 heavy (non-hydrogen) atoms. The molecule has 4 nitrogen and oxygen atoms in total. The monoisotopic (exact) mass is 438 g/mol. The lowest BCUT2D eigenvalue weighted by atomic mass is 9.97. The molecule has 0 spiro atoms. The standard InChI is InChI=1S/C29H30N2O2/c1-17(2)22-10-12-23(13-11-22)31-28(32)26(24-14-8-18(3)15-21(24)6)27(29(31)33)30-25-16-19(4)7-9-20(25)5/h7-17,30H,1-6H3. The summed E-state index contributed by atoms with van der Waals surface area (Å²) in [6.45, 7) is 12.2. The lowest BCUT2D eigenvalue weighted by molar-refractivity contribution is -0.120. The number of hydrogen-bond donors (Lipinski definition) is 1. The summed E-state index contributed by atoms with van der Waals surface area (Å²) in [4.78, 5) is 28.7. The molecule has 0 fully saturated rings. The van der Waals surface area contributed by atoms with E-state index in [1.165, 1.54) is 4.90 Å². The van der Waals surface area contributed by atoms with Gasteiger partial charge in [0.1, 0.15) is 5.70 Å². The van der Waals surface area contributed by atoms with Crippen LogP contribution in [0.1, 0.15) is 53.1 Å². The summed E-state index contributed by atoms with van der Waals surface area (Å²) in [5.74, 6) is -0.278. The van der Waals surface area contributed by atoms with Crippen LogP contribution in [-0.2, 0) is 9.59 Å². The highest BCUT2D eigenvalue weighted by Gasteiger charge is 2.40. The first-order valence-corrected chi connectivity index (χ1v) is 11.3. The van der Waals surface area contributed by atoms with E-state index < -0.39 is 0 Å². The second-order valence-corrected chi connectivity index (χ2v) is 9.20. The van der Waals surface area contributed by atoms with Crippen LogP contribution in [0.15, 0.2) is 66.4 Å². The fraction of sp³-hybridized carbons (Fsp3) is 0.241. The van der Waals surface area contributed by atoms with Crippen molar-refractivity contribution in [2.24, 2.45) is 0 Å². The molecular formula is C29H30N2O2. The number of amides is 2. The Labute approximate surface area is 195 Å². The molecule has 0 saturated carbocycles. The van der Waals surface area contributed by atoms with Crippen LogP contribution in [0.2, 0.25) is 0 Å². The smallest absolute Gasteiger partial charge is 0.282 e. The average Bonchev–Trinajstić information content (AvgIpc) is 3.00. The number of benzene rings is 3. The van der Waals surface area contributed by atoms with E-state index in [-0.39, 0.29) is 11.8 Å². The number of anilines is 2. The first-order chi connectivity index (χ1) is 15.7. The molecule has 3 aromatic rings. The molecule has 0 radical (unpaired) electrons. The van der Waals surface area contributed by atoms with Crippen molar-refractivity contribution < 1.29 is 9.59 Å². The van der Waals surface area contributed by atoms with Crippen LogP contribution in [0.4, 0.5) is 11.4 Å². The molecule has 4 heteroatoms. The van der Waals surface area contributed by atoms with Crippen LogP contribution in [0.25, 0.3) is 5.57 Å². The van der Waals surface area contributed by atoms with Crippen LogP contribution < -0.4 is 10.2 Å². The van der Waals surface area contributed by atoms with E-state index >= 15 is 0 Å². The van der Waals surface area contributed by atoms with Crippen molar-refractivity contribution in [1.82, 2.24) is 0 Å². The molecule has 0 unspecified atom stereocenters. The summed E-state index contributed by atoms with van der Waals surface area (Å²) in [5.41, 5.74) is 8.21. The maximum atomic E-state index is 13.7. The minimum Gasteiger partial charge on any atom is -0.350 e. The largest absolute Gasteiger partial charge is 0.350 e. The van der Waals surface area contributed by atoms with E-state index in [1.807, 2.05) is 88.4 Å². The fourth-order valence-corrected chi connectivity index (χ4v) is 4.24. The molecule has 4 rings (SSSR count). The third-order valence-electron chi connectivity index (χ3n) is 6.21. The van der Waals surface area contributed by atoms with E-state index in [2.05, 4.69) is 19.2 Å². The van der Waals surface area contributed by atoms with Crippen LogP contribution in [0.5, 0.6) is 0 Å². The number of imide groups is 1. The number of carbonyl (C=O) groups is 2. The number of nitrogens with zero attached hydrogens (tertiary/aromatic N) is 1. The first-order valence-electron chi connectivity index (χ1n) is 11.3. The van der Waals surface area contributed by atoms with Gasteiger partial charge in [0.2, 0.25) is 0 Å². The van der Waals surface area contributed by atoms with E-state index in [0.717, 1.165) is 39.1 Å². The van der Waals surface area contributed by atoms with Gasteiger partial charge in [-0.1, -0.05) is 61.9 Å². The minimum absolute atomic E-state index is 0.308. The van der Waals surface area contributed by atoms with Crippen molar-refractivity contribution in [1.29, 1.82) is 0 Å². The molecule has 0 saturated heterocycles. The topological polar surface area (TPSA) is 49.4 Å². The van der Waals surface area contributed by atoms with Gasteiger partial charge < -0.3 is 5.32 Å². The highest BCUT2D eigenvalue weighted by atomic mass is 16.2. The highest BCUT2D eigenvalue weighted by molar-refractivity contribution is 6.46. The van der Waals surface area contributed by atoms with Gasteiger partial charge in [-0.05, 0) is 79.6 Å². The predicted molar refractivity (Wildman–Crippen MR) is 135 cm³/mol. The van der Waals surface area contributed by atoms with Gasteiger partial charge >= 0.3 is 0 Å². The van der Waals surface area contributed by atoms with E-state index in [1.54, 1.807) is 0 Å². The quantitative estimate of drug-likeness (QED) is 0.466. The average molecular weight is 439 g/mol. The third-order valence-corrected chi connectivity index (χ3v) is 6.21. The Morgan fingerprint density at radius 1 is 0.727 bits per heavy atom. The molecule has 0 bridgehead atoms. The Morgan fingerprint density at radius 3 is 2.00 bits per heavy atom. The number of carbonyl (C=O) groups excluding carboxylic acids is 2. The lowest BCUT2D eigenvalue weighted by Gasteiger charge is -2.17. The molecule has 0 atom stereocenters. The zero-order chi connectivity index (χ0) is 23.9. The SMILES string of the molecule is Cc1ccc(C2=C(Nc3cc(C)ccc3C)C(=O)N(c3ccc(C(C)C)cc3)C2=O)c(C)c1. The summed E-state index contributed by atoms with van der Waals surface area (Å²) >= 11 is 0. The molecule has 168 valence electrons. The first kappa shape index (κ1) is 22.5. The highest BCUT2D eigenvalue weighted by Crippen LogP contribution is 2.36. The fourth-order valence-electron chi connectivity index (χ4n) is 4.24. The summed E-state index contributed by atoms with van der Waals surface area (Å²) in [7, 11) is 0. The minimum atomic E-state index is -0.340. The van der Waals surface area contributed by atoms with Gasteiger partial charge in [0.15, 0.2) is 0 Å². The Kier molecular flexibility index (Phi) is 5.94. The van der Waals surface area contributed by atoms with Gasteiger partial charge in [-0.3, -0.25) is 9.59 Å². The molecule has 1 heterocycles. The maximum Gasteiger partial charge on any atom is 0.282 e. The van der Waals surface area contributed by atoms with Gasteiger partial charge in [-0.25, -0.2) is 4.90 Å². The molecule has 0 aliphatic carbocycles. The van der Waals surface area contributed by atoms with E-state index in [4.69, 9.17) is 0 Å². The van der Waals surface area contributed by atoms with Crippen molar-refractivity contribution in [3.05, 3.63) is 99.7 Å². The Hall–Kier alpha value is -3.66. The number of rotatable bonds is 5. The second-order valence-electron chi connectivity index (χ2n) is 9.20. The number of aryl methyl sites for hydroxylation is 4. The zero-order valence-corrected chi connectivity index (χ0v) is 20.1. The third kappa shape index (κ3) is 4.21. The van der Waals surface area contributed by atoms with Crippen molar-refractivity contribution in [2.75, 3.05) is 10.2 Å². The normalized spacial score (nSPS) is 14.0. The lowest BCUT2D eigenvalue weighted by Crippen LogP contribution is -2.32. The number of hydrogen-bond acceptors (Lipinski definition) is 3. The van der Waals surface area contributed by atoms with Crippen LogP contribution >= 0.6 is 0 Å². The van der Waals surface area contributed by atoms with Crippen LogP contribution in [-0.4, -0.2) is 11.8 Å². The zero-order valence-electron chi connectivity index (χ0n) is 20.1. The second kappa shape index (κ2) is 8.70. The predicted octanol–water partition coefficient (Wildman–Crippen LogP) is 6.44. The van der Waals surface area contributed by atoms with Gasteiger partial charge in [0.25, 0.3) is 11.8 Å². The summed E-state index contributed by atoms with van der Waals surface area (Å²) in [5, 5.41) is 3.32. The van der Waals surface area contributed by atoms with Gasteiger partial charge in [-0.2, -0.15) is 0 Å². The molecule has 1 N–H and O–H groups in total. The Morgan fingerprint density at radius 2 is 1.36 bits per heavy atom. The van der Waals surface area contributed by atoms with Crippen molar-refractivity contribution in [3.63, 3.8) is 0 Å². The summed E-state index contributed by atoms with van der Waals surface area (Å²) in [6, 6.07) is 19.7. The molecule has 1 aliphatic rings. The number of nitrogens with one attached hydrogen (secondary N) is 1. The van der Waals surface area contributed by atoms with E-state index in [9.17, 15) is 9.59 Å².